The summed E-state index contributed by atoms with van der Waals surface area (Å²) in [5.41, 5.74) is 0. The summed E-state index contributed by atoms with van der Waals surface area (Å²) in [5.74, 6) is 0. The van der Waals surface area contributed by atoms with Gasteiger partial charge in [-0.05, 0) is 6.26 Å². The Kier molecular flexibility index (Phi) is 4.22. The fourth-order valence-electron chi connectivity index (χ4n) is 1.14. The SMILES string of the molecule is COCC1CN(SC)CCO1. The molecule has 0 aromatic rings. The predicted molar refractivity (Wildman–Crippen MR) is 46.7 cm³/mol. The second-order valence-electron chi connectivity index (χ2n) is 2.52. The third kappa shape index (κ3) is 2.99. The van der Waals surface area contributed by atoms with Gasteiger partial charge in [-0.2, -0.15) is 0 Å². The second-order valence-corrected chi connectivity index (χ2v) is 3.40. The minimum atomic E-state index is 0.265. The van der Waals surface area contributed by atoms with Crippen molar-refractivity contribution in [2.45, 2.75) is 6.10 Å². The van der Waals surface area contributed by atoms with E-state index in [-0.39, 0.29) is 6.10 Å². The van der Waals surface area contributed by atoms with E-state index in [0.717, 1.165) is 19.7 Å². The smallest absolute Gasteiger partial charge is 0.0944 e. The Morgan fingerprint density at radius 2 is 2.55 bits per heavy atom. The van der Waals surface area contributed by atoms with Crippen LogP contribution < -0.4 is 0 Å². The minimum Gasteiger partial charge on any atom is -0.382 e. The van der Waals surface area contributed by atoms with Crippen molar-refractivity contribution in [3.63, 3.8) is 0 Å². The van der Waals surface area contributed by atoms with Gasteiger partial charge in [-0.3, -0.25) is 0 Å². The zero-order valence-corrected chi connectivity index (χ0v) is 7.89. The Labute approximate surface area is 72.2 Å². The highest BCUT2D eigenvalue weighted by Crippen LogP contribution is 2.12. The van der Waals surface area contributed by atoms with E-state index in [1.807, 2.05) is 0 Å². The van der Waals surface area contributed by atoms with Crippen LogP contribution in [-0.4, -0.2) is 50.1 Å². The second kappa shape index (κ2) is 4.98. The lowest BCUT2D eigenvalue weighted by molar-refractivity contribution is -0.0384. The first kappa shape index (κ1) is 9.32. The number of rotatable bonds is 3. The summed E-state index contributed by atoms with van der Waals surface area (Å²) in [5, 5.41) is 0. The molecule has 4 heteroatoms. The van der Waals surface area contributed by atoms with Gasteiger partial charge in [0.25, 0.3) is 0 Å². The fourth-order valence-corrected chi connectivity index (χ4v) is 1.72. The number of methoxy groups -OCH3 is 1. The van der Waals surface area contributed by atoms with Crippen LogP contribution in [0.3, 0.4) is 0 Å². The Balaban J connectivity index is 2.21. The molecule has 1 atom stereocenters. The summed E-state index contributed by atoms with van der Waals surface area (Å²) in [6, 6.07) is 0. The van der Waals surface area contributed by atoms with Crippen molar-refractivity contribution in [1.29, 1.82) is 0 Å². The molecule has 0 amide bonds. The highest BCUT2D eigenvalue weighted by atomic mass is 32.2. The maximum atomic E-state index is 5.47. The van der Waals surface area contributed by atoms with Gasteiger partial charge in [0.05, 0.1) is 19.3 Å². The number of hydrogen-bond donors (Lipinski definition) is 0. The van der Waals surface area contributed by atoms with E-state index in [2.05, 4.69) is 10.6 Å². The Bertz CT molecular complexity index is 111. The lowest BCUT2D eigenvalue weighted by Gasteiger charge is -2.30. The van der Waals surface area contributed by atoms with Crippen LogP contribution in [0.25, 0.3) is 0 Å². The maximum absolute atomic E-state index is 5.47. The zero-order chi connectivity index (χ0) is 8.10. The van der Waals surface area contributed by atoms with Gasteiger partial charge in [-0.25, -0.2) is 4.31 Å². The quantitative estimate of drug-likeness (QED) is 0.589. The standard InChI is InChI=1S/C7H15NO2S/c1-9-6-7-5-8(11-2)3-4-10-7/h7H,3-6H2,1-2H3. The monoisotopic (exact) mass is 177 g/mol. The zero-order valence-electron chi connectivity index (χ0n) is 7.08. The van der Waals surface area contributed by atoms with Crippen molar-refractivity contribution in [2.75, 3.05) is 39.7 Å². The molecular weight excluding hydrogens is 162 g/mol. The molecule has 1 aliphatic rings. The van der Waals surface area contributed by atoms with Crippen molar-refractivity contribution in [1.82, 2.24) is 4.31 Å². The van der Waals surface area contributed by atoms with Crippen molar-refractivity contribution < 1.29 is 9.47 Å². The van der Waals surface area contributed by atoms with Gasteiger partial charge in [-0.15, -0.1) is 0 Å². The molecule has 0 aromatic carbocycles. The summed E-state index contributed by atoms with van der Waals surface area (Å²) in [6.07, 6.45) is 2.36. The molecule has 1 rings (SSSR count). The molecule has 0 aliphatic carbocycles. The molecule has 1 heterocycles. The third-order valence-electron chi connectivity index (χ3n) is 1.71. The average Bonchev–Trinajstić information content (AvgIpc) is 2.06. The van der Waals surface area contributed by atoms with Crippen LogP contribution in [0.1, 0.15) is 0 Å². The molecule has 1 unspecified atom stereocenters. The largest absolute Gasteiger partial charge is 0.382 e. The highest BCUT2D eigenvalue weighted by molar-refractivity contribution is 7.96. The number of ether oxygens (including phenoxy) is 2. The predicted octanol–water partition coefficient (Wildman–Crippen LogP) is 0.612. The first-order chi connectivity index (χ1) is 5.36. The van der Waals surface area contributed by atoms with E-state index < -0.39 is 0 Å². The summed E-state index contributed by atoms with van der Waals surface area (Å²) < 4.78 is 12.8. The highest BCUT2D eigenvalue weighted by Gasteiger charge is 2.18. The minimum absolute atomic E-state index is 0.265. The van der Waals surface area contributed by atoms with E-state index in [0.29, 0.717) is 6.61 Å². The fraction of sp³-hybridized carbons (Fsp3) is 1.00. The summed E-state index contributed by atoms with van der Waals surface area (Å²) in [6.45, 7) is 3.54. The third-order valence-corrected chi connectivity index (χ3v) is 2.56. The van der Waals surface area contributed by atoms with Gasteiger partial charge in [0.2, 0.25) is 0 Å². The molecule has 1 aliphatic heterocycles. The lowest BCUT2D eigenvalue weighted by Crippen LogP contribution is -2.40. The molecule has 3 nitrogen and oxygen atoms in total. The Morgan fingerprint density at radius 3 is 3.18 bits per heavy atom. The summed E-state index contributed by atoms with van der Waals surface area (Å²) in [4.78, 5) is 0. The van der Waals surface area contributed by atoms with Crippen LogP contribution in [0.4, 0.5) is 0 Å². The van der Waals surface area contributed by atoms with Gasteiger partial charge in [0, 0.05) is 20.2 Å². The molecule has 0 spiro atoms. The molecule has 0 N–H and O–H groups in total. The van der Waals surface area contributed by atoms with Gasteiger partial charge in [0.1, 0.15) is 0 Å². The normalized spacial score (nSPS) is 27.3. The summed E-state index contributed by atoms with van der Waals surface area (Å²) >= 11 is 1.77. The van der Waals surface area contributed by atoms with Gasteiger partial charge in [0.15, 0.2) is 0 Å². The number of nitrogens with zero attached hydrogens (tertiary/aromatic N) is 1. The topological polar surface area (TPSA) is 21.7 Å². The number of hydrogen-bond acceptors (Lipinski definition) is 4. The molecule has 0 bridgehead atoms. The van der Waals surface area contributed by atoms with E-state index >= 15 is 0 Å². The molecule has 66 valence electrons. The Morgan fingerprint density at radius 1 is 1.73 bits per heavy atom. The first-order valence-corrected chi connectivity index (χ1v) is 4.94. The van der Waals surface area contributed by atoms with E-state index in [1.165, 1.54) is 0 Å². The molecule has 0 radical (unpaired) electrons. The van der Waals surface area contributed by atoms with Crippen molar-refractivity contribution in [3.05, 3.63) is 0 Å². The van der Waals surface area contributed by atoms with E-state index in [4.69, 9.17) is 9.47 Å². The molecular formula is C7H15NO2S. The molecule has 0 aromatic heterocycles. The average molecular weight is 177 g/mol. The maximum Gasteiger partial charge on any atom is 0.0944 e. The molecule has 0 saturated carbocycles. The van der Waals surface area contributed by atoms with Crippen LogP contribution in [0, 0.1) is 0 Å². The van der Waals surface area contributed by atoms with Gasteiger partial charge < -0.3 is 9.47 Å². The molecule has 1 saturated heterocycles. The van der Waals surface area contributed by atoms with Crippen LogP contribution >= 0.6 is 11.9 Å². The van der Waals surface area contributed by atoms with Crippen molar-refractivity contribution in [2.24, 2.45) is 0 Å². The first-order valence-electron chi connectivity index (χ1n) is 3.76. The lowest BCUT2D eigenvalue weighted by atomic mass is 10.3. The van der Waals surface area contributed by atoms with E-state index in [9.17, 15) is 0 Å². The van der Waals surface area contributed by atoms with Crippen LogP contribution in [-0.2, 0) is 9.47 Å². The van der Waals surface area contributed by atoms with Crippen molar-refractivity contribution >= 4 is 11.9 Å². The number of morpholine rings is 1. The van der Waals surface area contributed by atoms with Crippen LogP contribution in [0.5, 0.6) is 0 Å². The van der Waals surface area contributed by atoms with E-state index in [1.54, 1.807) is 19.1 Å². The molecule has 11 heavy (non-hydrogen) atoms. The van der Waals surface area contributed by atoms with Gasteiger partial charge in [-0.1, -0.05) is 11.9 Å². The molecule has 1 fully saturated rings. The van der Waals surface area contributed by atoms with Crippen LogP contribution in [0.15, 0.2) is 0 Å². The summed E-state index contributed by atoms with van der Waals surface area (Å²) in [7, 11) is 1.71. The Hall–Kier alpha value is 0.230. The van der Waals surface area contributed by atoms with Crippen LogP contribution in [0.2, 0.25) is 0 Å². The van der Waals surface area contributed by atoms with Crippen molar-refractivity contribution in [3.8, 4) is 0 Å². The van der Waals surface area contributed by atoms with Gasteiger partial charge >= 0.3 is 0 Å².